The number of rotatable bonds is 5. The van der Waals surface area contributed by atoms with Crippen LogP contribution in [-0.4, -0.2) is 31.7 Å². The molecule has 1 amide bonds. The molecule has 28 heavy (non-hydrogen) atoms. The Balaban J connectivity index is 1.60. The lowest BCUT2D eigenvalue weighted by Gasteiger charge is -2.31. The van der Waals surface area contributed by atoms with E-state index in [1.54, 1.807) is 25.1 Å². The van der Waals surface area contributed by atoms with Crippen molar-refractivity contribution in [3.05, 3.63) is 59.7 Å². The molecule has 0 spiro atoms. The molecule has 3 rings (SSSR count). The van der Waals surface area contributed by atoms with Gasteiger partial charge in [-0.2, -0.15) is 4.31 Å². The molecule has 1 heterocycles. The number of carbonyl (C=O) groups excluding carboxylic acids is 1. The number of nitrogens with zero attached hydrogens (tertiary/aromatic N) is 1. The minimum Gasteiger partial charge on any atom is -0.326 e. The van der Waals surface area contributed by atoms with Gasteiger partial charge in [-0.15, -0.1) is 0 Å². The van der Waals surface area contributed by atoms with E-state index in [1.165, 1.54) is 9.87 Å². The van der Waals surface area contributed by atoms with E-state index in [2.05, 4.69) is 19.2 Å². The van der Waals surface area contributed by atoms with Gasteiger partial charge in [0.05, 0.1) is 4.90 Å². The molecule has 0 aromatic heterocycles. The highest BCUT2D eigenvalue weighted by Gasteiger charge is 2.32. The fourth-order valence-electron chi connectivity index (χ4n) is 3.54. The second-order valence-electron chi connectivity index (χ2n) is 7.71. The Morgan fingerprint density at radius 2 is 1.64 bits per heavy atom. The average molecular weight is 401 g/mol. The van der Waals surface area contributed by atoms with E-state index in [0.717, 1.165) is 11.3 Å². The topological polar surface area (TPSA) is 66.5 Å². The van der Waals surface area contributed by atoms with Gasteiger partial charge in [0.15, 0.2) is 0 Å². The van der Waals surface area contributed by atoms with Gasteiger partial charge in [0.25, 0.3) is 0 Å². The number of benzene rings is 2. The van der Waals surface area contributed by atoms with Gasteiger partial charge in [0, 0.05) is 24.7 Å². The van der Waals surface area contributed by atoms with Crippen LogP contribution in [0.4, 0.5) is 5.69 Å². The van der Waals surface area contributed by atoms with Crippen molar-refractivity contribution >= 4 is 21.6 Å². The standard InChI is InChI=1S/C22H28N2O3S/c1-16(2)18-8-10-20(11-9-18)23-22(25)19-12-14-24(15-13-19)28(26,27)21-7-5-4-6-17(21)3/h4-11,16,19H,12-15H2,1-3H3,(H,23,25). The van der Waals surface area contributed by atoms with E-state index in [0.29, 0.717) is 36.7 Å². The quantitative estimate of drug-likeness (QED) is 0.820. The smallest absolute Gasteiger partial charge is 0.243 e. The van der Waals surface area contributed by atoms with Crippen LogP contribution in [0.1, 0.15) is 43.7 Å². The number of sulfonamides is 1. The number of nitrogens with one attached hydrogen (secondary N) is 1. The van der Waals surface area contributed by atoms with Crippen LogP contribution >= 0.6 is 0 Å². The lowest BCUT2D eigenvalue weighted by molar-refractivity contribution is -0.120. The Bertz CT molecular complexity index is 929. The number of anilines is 1. The molecule has 0 aliphatic carbocycles. The maximum atomic E-state index is 12.9. The molecule has 0 atom stereocenters. The molecular formula is C22H28N2O3S. The van der Waals surface area contributed by atoms with Gasteiger partial charge in [-0.25, -0.2) is 8.42 Å². The number of hydrogen-bond acceptors (Lipinski definition) is 3. The Labute approximate surface area is 167 Å². The van der Waals surface area contributed by atoms with Gasteiger partial charge in [-0.05, 0) is 55.0 Å². The summed E-state index contributed by atoms with van der Waals surface area (Å²) in [5.74, 6) is 0.239. The van der Waals surface area contributed by atoms with Crippen LogP contribution in [-0.2, 0) is 14.8 Å². The van der Waals surface area contributed by atoms with Gasteiger partial charge < -0.3 is 5.32 Å². The minimum absolute atomic E-state index is 0.0368. The van der Waals surface area contributed by atoms with Crippen LogP contribution in [0.25, 0.3) is 0 Å². The first kappa shape index (κ1) is 20.6. The number of carbonyl (C=O) groups is 1. The first-order valence-corrected chi connectivity index (χ1v) is 11.2. The van der Waals surface area contributed by atoms with Crippen molar-refractivity contribution in [2.75, 3.05) is 18.4 Å². The molecule has 150 valence electrons. The van der Waals surface area contributed by atoms with Crippen LogP contribution in [0.15, 0.2) is 53.4 Å². The molecule has 1 aliphatic rings. The summed E-state index contributed by atoms with van der Waals surface area (Å²) in [7, 11) is -3.51. The van der Waals surface area contributed by atoms with Crippen LogP contribution in [0.5, 0.6) is 0 Å². The highest BCUT2D eigenvalue weighted by atomic mass is 32.2. The van der Waals surface area contributed by atoms with Gasteiger partial charge in [-0.1, -0.05) is 44.2 Å². The number of aryl methyl sites for hydroxylation is 1. The van der Waals surface area contributed by atoms with Crippen LogP contribution in [0, 0.1) is 12.8 Å². The molecule has 1 fully saturated rings. The third-order valence-corrected chi connectivity index (χ3v) is 7.44. The molecule has 5 nitrogen and oxygen atoms in total. The summed E-state index contributed by atoms with van der Waals surface area (Å²) >= 11 is 0. The third-order valence-electron chi connectivity index (χ3n) is 5.38. The highest BCUT2D eigenvalue weighted by molar-refractivity contribution is 7.89. The molecule has 1 saturated heterocycles. The number of piperidine rings is 1. The molecule has 1 N–H and O–H groups in total. The first-order valence-electron chi connectivity index (χ1n) is 9.75. The van der Waals surface area contributed by atoms with Crippen molar-refractivity contribution in [3.63, 3.8) is 0 Å². The SMILES string of the molecule is Cc1ccccc1S(=O)(=O)N1CCC(C(=O)Nc2ccc(C(C)C)cc2)CC1. The van der Waals surface area contributed by atoms with E-state index in [9.17, 15) is 13.2 Å². The fraction of sp³-hybridized carbons (Fsp3) is 0.409. The molecule has 0 radical (unpaired) electrons. The zero-order valence-electron chi connectivity index (χ0n) is 16.7. The van der Waals surface area contributed by atoms with Crippen molar-refractivity contribution < 1.29 is 13.2 Å². The van der Waals surface area contributed by atoms with Crippen molar-refractivity contribution in [2.45, 2.75) is 44.4 Å². The summed E-state index contributed by atoms with van der Waals surface area (Å²) in [4.78, 5) is 12.9. The summed E-state index contributed by atoms with van der Waals surface area (Å²) < 4.78 is 27.3. The highest BCUT2D eigenvalue weighted by Crippen LogP contribution is 2.26. The monoisotopic (exact) mass is 400 g/mol. The molecule has 1 aliphatic heterocycles. The third kappa shape index (κ3) is 4.45. The Kier molecular flexibility index (Phi) is 6.20. The second-order valence-corrected chi connectivity index (χ2v) is 9.62. The molecule has 6 heteroatoms. The van der Waals surface area contributed by atoms with Crippen LogP contribution < -0.4 is 5.32 Å². The molecule has 2 aromatic rings. The second kappa shape index (κ2) is 8.45. The molecule has 0 bridgehead atoms. The van der Waals surface area contributed by atoms with E-state index in [1.807, 2.05) is 30.3 Å². The summed E-state index contributed by atoms with van der Waals surface area (Å²) in [6, 6.07) is 14.9. The number of hydrogen-bond donors (Lipinski definition) is 1. The predicted octanol–water partition coefficient (Wildman–Crippen LogP) is 4.16. The van der Waals surface area contributed by atoms with Crippen molar-refractivity contribution in [2.24, 2.45) is 5.92 Å². The molecule has 0 saturated carbocycles. The first-order chi connectivity index (χ1) is 13.3. The van der Waals surface area contributed by atoms with Crippen molar-refractivity contribution in [1.82, 2.24) is 4.31 Å². The normalized spacial score (nSPS) is 16.3. The minimum atomic E-state index is -3.51. The van der Waals surface area contributed by atoms with Gasteiger partial charge in [0.2, 0.25) is 15.9 Å². The van der Waals surface area contributed by atoms with Gasteiger partial charge in [0.1, 0.15) is 0 Å². The van der Waals surface area contributed by atoms with Crippen LogP contribution in [0.3, 0.4) is 0 Å². The number of amides is 1. The zero-order valence-corrected chi connectivity index (χ0v) is 17.5. The van der Waals surface area contributed by atoms with Gasteiger partial charge >= 0.3 is 0 Å². The summed E-state index contributed by atoms with van der Waals surface area (Å²) in [6.07, 6.45) is 1.06. The average Bonchev–Trinajstić information content (AvgIpc) is 2.68. The molecular weight excluding hydrogens is 372 g/mol. The fourth-order valence-corrected chi connectivity index (χ4v) is 5.23. The molecule has 2 aromatic carbocycles. The summed E-state index contributed by atoms with van der Waals surface area (Å²) in [5.41, 5.74) is 2.75. The Morgan fingerprint density at radius 3 is 2.21 bits per heavy atom. The summed E-state index contributed by atoms with van der Waals surface area (Å²) in [5, 5.41) is 2.97. The van der Waals surface area contributed by atoms with E-state index in [-0.39, 0.29) is 11.8 Å². The maximum absolute atomic E-state index is 12.9. The maximum Gasteiger partial charge on any atom is 0.243 e. The lowest BCUT2D eigenvalue weighted by atomic mass is 9.97. The van der Waals surface area contributed by atoms with E-state index in [4.69, 9.17) is 0 Å². The summed E-state index contributed by atoms with van der Waals surface area (Å²) in [6.45, 7) is 6.79. The van der Waals surface area contributed by atoms with Crippen molar-refractivity contribution in [3.8, 4) is 0 Å². The largest absolute Gasteiger partial charge is 0.326 e. The van der Waals surface area contributed by atoms with Gasteiger partial charge in [-0.3, -0.25) is 4.79 Å². The lowest BCUT2D eigenvalue weighted by Crippen LogP contribution is -2.41. The zero-order chi connectivity index (χ0) is 20.3. The van der Waals surface area contributed by atoms with Crippen molar-refractivity contribution in [1.29, 1.82) is 0 Å². The van der Waals surface area contributed by atoms with Crippen LogP contribution in [0.2, 0.25) is 0 Å². The van der Waals surface area contributed by atoms with E-state index < -0.39 is 10.0 Å². The Morgan fingerprint density at radius 1 is 1.04 bits per heavy atom. The predicted molar refractivity (Wildman–Crippen MR) is 112 cm³/mol. The van der Waals surface area contributed by atoms with E-state index >= 15 is 0 Å². The molecule has 0 unspecified atom stereocenters. The Hall–Kier alpha value is -2.18.